The van der Waals surface area contributed by atoms with Crippen LogP contribution in [0.2, 0.25) is 0 Å². The molecular weight excluding hydrogens is 550 g/mol. The molecule has 1 fully saturated rings. The number of hydrogen-bond donors (Lipinski definition) is 1. The Morgan fingerprint density at radius 3 is 2.47 bits per heavy atom. The number of nitrogens with zero attached hydrogens (tertiary/aromatic N) is 2. The number of carbonyl (C=O) groups excluding carboxylic acids is 1. The molecule has 2 aromatic rings. The van der Waals surface area contributed by atoms with Gasteiger partial charge in [-0.25, -0.2) is 0 Å². The van der Waals surface area contributed by atoms with Crippen LogP contribution < -0.4 is 15.0 Å². The average Bonchev–Trinajstić information content (AvgIpc) is 3.04. The average molecular weight is 600 g/mol. The normalized spacial score (nSPS) is 20.0. The molecule has 2 aliphatic heterocycles. The SMILES string of the molecule is CCN(C)C(=O)CO[C@@H]1CNC[C@H](OCc2ccc3c(c2)N(CCCOC)CCO3)[C@H]1c1ccc(COCCOC)cc1. The third kappa shape index (κ3) is 9.63. The maximum Gasteiger partial charge on any atom is 0.248 e. The summed E-state index contributed by atoms with van der Waals surface area (Å²) in [6.07, 6.45) is 0.596. The van der Waals surface area contributed by atoms with Gasteiger partial charge >= 0.3 is 0 Å². The van der Waals surface area contributed by atoms with E-state index in [1.807, 2.05) is 13.0 Å². The molecule has 0 radical (unpaired) electrons. The summed E-state index contributed by atoms with van der Waals surface area (Å²) < 4.78 is 34.9. The number of hydrogen-bond acceptors (Lipinski definition) is 9. The summed E-state index contributed by atoms with van der Waals surface area (Å²) in [6.45, 7) is 9.26. The second-order valence-electron chi connectivity index (χ2n) is 11.1. The number of anilines is 1. The Morgan fingerprint density at radius 1 is 0.977 bits per heavy atom. The standard InChI is InChI=1S/C33H49N3O7/c1-5-35(2)32(37)24-43-31-21-34-20-30(33(31)27-10-7-25(8-11-27)22-40-18-17-39-4)42-23-26-9-12-29-28(19-26)36(14-16-41-29)13-6-15-38-3/h7-12,19,30-31,33-34H,5-6,13-18,20-24H2,1-4H3/t30-,31+,33+/m0/s1. The zero-order valence-electron chi connectivity index (χ0n) is 26.2. The van der Waals surface area contributed by atoms with Gasteiger partial charge in [-0.3, -0.25) is 4.79 Å². The number of likely N-dealkylation sites (N-methyl/N-ethyl adjacent to an activating group) is 1. The molecule has 1 N–H and O–H groups in total. The van der Waals surface area contributed by atoms with Crippen molar-refractivity contribution in [2.45, 2.75) is 44.7 Å². The van der Waals surface area contributed by atoms with Gasteiger partial charge in [0.25, 0.3) is 0 Å². The highest BCUT2D eigenvalue weighted by Gasteiger charge is 2.36. The summed E-state index contributed by atoms with van der Waals surface area (Å²) in [4.78, 5) is 16.6. The Balaban J connectivity index is 1.47. The van der Waals surface area contributed by atoms with E-state index in [1.165, 1.54) is 0 Å². The zero-order chi connectivity index (χ0) is 30.4. The molecule has 2 heterocycles. The number of fused-ring (bicyclic) bond motifs is 1. The van der Waals surface area contributed by atoms with Crippen LogP contribution in [0.3, 0.4) is 0 Å². The Hall–Kier alpha value is -2.73. The molecule has 0 unspecified atom stereocenters. The second kappa shape index (κ2) is 17.5. The fraction of sp³-hybridized carbons (Fsp3) is 0.606. The van der Waals surface area contributed by atoms with E-state index in [9.17, 15) is 4.79 Å². The quantitative estimate of drug-likeness (QED) is 0.275. The van der Waals surface area contributed by atoms with Gasteiger partial charge < -0.3 is 43.5 Å². The van der Waals surface area contributed by atoms with E-state index >= 15 is 0 Å². The first-order chi connectivity index (χ1) is 21.0. The van der Waals surface area contributed by atoms with Gasteiger partial charge in [-0.15, -0.1) is 0 Å². The first-order valence-corrected chi connectivity index (χ1v) is 15.4. The van der Waals surface area contributed by atoms with Gasteiger partial charge in [-0.2, -0.15) is 0 Å². The molecule has 3 atom stereocenters. The molecule has 1 amide bonds. The van der Waals surface area contributed by atoms with Crippen molar-refractivity contribution in [2.24, 2.45) is 0 Å². The lowest BCUT2D eigenvalue weighted by Gasteiger charge is -2.39. The maximum absolute atomic E-state index is 12.6. The van der Waals surface area contributed by atoms with Crippen LogP contribution in [0.25, 0.3) is 0 Å². The second-order valence-corrected chi connectivity index (χ2v) is 11.1. The molecule has 0 bridgehead atoms. The summed E-state index contributed by atoms with van der Waals surface area (Å²) in [7, 11) is 5.20. The first-order valence-electron chi connectivity index (χ1n) is 15.4. The minimum atomic E-state index is -0.218. The summed E-state index contributed by atoms with van der Waals surface area (Å²) in [5, 5.41) is 3.48. The van der Waals surface area contributed by atoms with Crippen molar-refractivity contribution in [2.75, 3.05) is 91.9 Å². The van der Waals surface area contributed by atoms with Crippen LogP contribution in [-0.4, -0.2) is 110 Å². The number of piperidine rings is 1. The molecule has 238 valence electrons. The van der Waals surface area contributed by atoms with Gasteiger partial charge in [0.1, 0.15) is 19.0 Å². The van der Waals surface area contributed by atoms with Crippen molar-refractivity contribution < 1.29 is 33.2 Å². The van der Waals surface area contributed by atoms with Crippen molar-refractivity contribution in [3.8, 4) is 5.75 Å². The molecule has 10 nitrogen and oxygen atoms in total. The first kappa shape index (κ1) is 33.2. The molecule has 43 heavy (non-hydrogen) atoms. The predicted molar refractivity (Wildman–Crippen MR) is 166 cm³/mol. The van der Waals surface area contributed by atoms with E-state index in [0.717, 1.165) is 54.2 Å². The topological polar surface area (TPSA) is 91.0 Å². The lowest BCUT2D eigenvalue weighted by molar-refractivity contribution is -0.139. The molecule has 0 aliphatic carbocycles. The number of amides is 1. The summed E-state index contributed by atoms with van der Waals surface area (Å²) >= 11 is 0. The molecule has 0 saturated carbocycles. The summed E-state index contributed by atoms with van der Waals surface area (Å²) in [5.74, 6) is 0.834. The third-order valence-corrected chi connectivity index (χ3v) is 8.10. The number of carbonyl (C=O) groups is 1. The van der Waals surface area contributed by atoms with Crippen LogP contribution >= 0.6 is 0 Å². The van der Waals surface area contributed by atoms with Crippen LogP contribution in [0.5, 0.6) is 5.75 Å². The van der Waals surface area contributed by atoms with Gasteiger partial charge in [-0.05, 0) is 42.2 Å². The molecule has 1 saturated heterocycles. The molecule has 0 spiro atoms. The highest BCUT2D eigenvalue weighted by molar-refractivity contribution is 5.77. The van der Waals surface area contributed by atoms with E-state index in [0.29, 0.717) is 52.7 Å². The summed E-state index contributed by atoms with van der Waals surface area (Å²) in [6, 6.07) is 14.7. The van der Waals surface area contributed by atoms with Crippen LogP contribution in [0.15, 0.2) is 42.5 Å². The van der Waals surface area contributed by atoms with Crippen LogP contribution in [0.1, 0.15) is 36.0 Å². The number of nitrogens with one attached hydrogen (secondary N) is 1. The molecule has 0 aromatic heterocycles. The van der Waals surface area contributed by atoms with Crippen molar-refractivity contribution in [3.63, 3.8) is 0 Å². The molecular formula is C33H49N3O7. The van der Waals surface area contributed by atoms with Gasteiger partial charge in [-0.1, -0.05) is 30.3 Å². The Bertz CT molecular complexity index is 1120. The van der Waals surface area contributed by atoms with Crippen molar-refractivity contribution in [1.82, 2.24) is 10.2 Å². The van der Waals surface area contributed by atoms with E-state index in [-0.39, 0.29) is 30.6 Å². The predicted octanol–water partition coefficient (Wildman–Crippen LogP) is 3.22. The maximum atomic E-state index is 12.6. The van der Waals surface area contributed by atoms with Crippen LogP contribution in [0, 0.1) is 0 Å². The number of benzene rings is 2. The molecule has 2 aliphatic rings. The zero-order valence-corrected chi connectivity index (χ0v) is 26.2. The van der Waals surface area contributed by atoms with Crippen molar-refractivity contribution >= 4 is 11.6 Å². The van der Waals surface area contributed by atoms with E-state index < -0.39 is 0 Å². The fourth-order valence-electron chi connectivity index (χ4n) is 5.49. The number of methoxy groups -OCH3 is 2. The Labute approximate surface area is 256 Å². The highest BCUT2D eigenvalue weighted by Crippen LogP contribution is 2.34. The smallest absolute Gasteiger partial charge is 0.248 e. The van der Waals surface area contributed by atoms with Crippen LogP contribution in [0.4, 0.5) is 5.69 Å². The van der Waals surface area contributed by atoms with Gasteiger partial charge in [0.2, 0.25) is 5.91 Å². The van der Waals surface area contributed by atoms with Gasteiger partial charge in [0.05, 0.1) is 50.9 Å². The third-order valence-electron chi connectivity index (χ3n) is 8.10. The fourth-order valence-corrected chi connectivity index (χ4v) is 5.49. The molecule has 10 heteroatoms. The van der Waals surface area contributed by atoms with Crippen molar-refractivity contribution in [1.29, 1.82) is 0 Å². The lowest BCUT2D eigenvalue weighted by atomic mass is 9.85. The van der Waals surface area contributed by atoms with Gasteiger partial charge in [0, 0.05) is 60.0 Å². The molecule has 2 aromatic carbocycles. The van der Waals surface area contributed by atoms with E-state index in [1.54, 1.807) is 26.2 Å². The van der Waals surface area contributed by atoms with E-state index in [4.69, 9.17) is 28.4 Å². The van der Waals surface area contributed by atoms with E-state index in [2.05, 4.69) is 46.6 Å². The lowest BCUT2D eigenvalue weighted by Crippen LogP contribution is -2.51. The van der Waals surface area contributed by atoms with Gasteiger partial charge in [0.15, 0.2) is 0 Å². The van der Waals surface area contributed by atoms with Crippen molar-refractivity contribution in [3.05, 3.63) is 59.2 Å². The molecule has 4 rings (SSSR count). The Morgan fingerprint density at radius 2 is 1.72 bits per heavy atom. The monoisotopic (exact) mass is 599 g/mol. The largest absolute Gasteiger partial charge is 0.490 e. The minimum Gasteiger partial charge on any atom is -0.490 e. The Kier molecular flexibility index (Phi) is 13.5. The van der Waals surface area contributed by atoms with Crippen LogP contribution in [-0.2, 0) is 41.7 Å². The highest BCUT2D eigenvalue weighted by atomic mass is 16.5. The number of ether oxygens (including phenoxy) is 6. The minimum absolute atomic E-state index is 0.0285. The number of rotatable bonds is 17. The summed E-state index contributed by atoms with van der Waals surface area (Å²) in [5.41, 5.74) is 4.40.